The van der Waals surface area contributed by atoms with Crippen molar-refractivity contribution in [2.75, 3.05) is 6.61 Å². The Bertz CT molecular complexity index is 612. The molecule has 0 saturated heterocycles. The van der Waals surface area contributed by atoms with Crippen LogP contribution in [0.2, 0.25) is 0 Å². The number of benzene rings is 1. The third kappa shape index (κ3) is 9.86. The minimum absolute atomic E-state index is 0. The van der Waals surface area contributed by atoms with Crippen LogP contribution >= 0.6 is 0 Å². The number of hydrogen-bond acceptors (Lipinski definition) is 4. The molecule has 0 bridgehead atoms. The molecule has 2 rings (SSSR count). The van der Waals surface area contributed by atoms with Crippen LogP contribution in [-0.2, 0) is 4.79 Å². The fraction of sp³-hybridized carbons (Fsp3) is 0.591. The van der Waals surface area contributed by atoms with E-state index < -0.39 is 24.3 Å². The summed E-state index contributed by atoms with van der Waals surface area (Å²) in [5.41, 5.74) is 0. The normalized spacial score (nSPS) is 24.9. The summed E-state index contributed by atoms with van der Waals surface area (Å²) in [6.45, 7) is -0.0243. The van der Waals surface area contributed by atoms with Crippen LogP contribution in [0.4, 0.5) is 4.39 Å². The standard InChI is InChI=1S/C22H31FO5.Pr/c23-16(15-28-17-8-4-3-5-9-17)12-13-19-18(20(24)14-21(19)25)10-6-1-2-7-11-22(26)27;/h1,3-6,8-9,16,18-21,24-25H,2,7,10-15H2,(H,26,27);/b6-1+;. The molecule has 159 valence electrons. The summed E-state index contributed by atoms with van der Waals surface area (Å²) in [4.78, 5) is 10.5. The second kappa shape index (κ2) is 14.4. The first-order chi connectivity index (χ1) is 13.5. The van der Waals surface area contributed by atoms with Gasteiger partial charge in [-0.2, -0.15) is 0 Å². The van der Waals surface area contributed by atoms with Gasteiger partial charge in [-0.05, 0) is 62.5 Å². The molecule has 1 aliphatic rings. The molecule has 0 heterocycles. The number of rotatable bonds is 12. The SMILES string of the molecule is O=C(O)CCC/C=C/CC1C(O)CC(O)C1CCC(F)COc1ccccc1.[Pr]. The fourth-order valence-electron chi connectivity index (χ4n) is 3.81. The molecular weight excluding hydrogens is 504 g/mol. The van der Waals surface area contributed by atoms with Gasteiger partial charge in [0.1, 0.15) is 18.5 Å². The number of carbonyl (C=O) groups is 1. The number of aliphatic hydroxyl groups is 2. The Kier molecular flexibility index (Phi) is 13.2. The van der Waals surface area contributed by atoms with E-state index in [-0.39, 0.29) is 72.6 Å². The molecule has 1 aromatic rings. The zero-order valence-electron chi connectivity index (χ0n) is 16.7. The first-order valence-corrected chi connectivity index (χ1v) is 10.0. The van der Waals surface area contributed by atoms with Crippen molar-refractivity contribution in [3.8, 4) is 5.75 Å². The predicted molar refractivity (Wildman–Crippen MR) is 105 cm³/mol. The van der Waals surface area contributed by atoms with Crippen molar-refractivity contribution < 1.29 is 70.5 Å². The van der Waals surface area contributed by atoms with Crippen LogP contribution < -0.4 is 4.74 Å². The van der Waals surface area contributed by atoms with E-state index in [2.05, 4.69) is 0 Å². The number of aliphatic carboxylic acids is 1. The second-order valence-corrected chi connectivity index (χ2v) is 7.49. The van der Waals surface area contributed by atoms with Crippen molar-refractivity contribution in [3.05, 3.63) is 42.5 Å². The van der Waals surface area contributed by atoms with Crippen molar-refractivity contribution in [3.63, 3.8) is 0 Å². The van der Waals surface area contributed by atoms with Gasteiger partial charge in [0.15, 0.2) is 0 Å². The minimum Gasteiger partial charge on any atom is -0.491 e. The van der Waals surface area contributed by atoms with E-state index in [9.17, 15) is 19.4 Å². The number of ether oxygens (including phenoxy) is 1. The smallest absolute Gasteiger partial charge is 0.303 e. The molecule has 1 aliphatic carbocycles. The van der Waals surface area contributed by atoms with Gasteiger partial charge in [0.05, 0.1) is 12.2 Å². The molecule has 29 heavy (non-hydrogen) atoms. The zero-order valence-corrected chi connectivity index (χ0v) is 20.4. The summed E-state index contributed by atoms with van der Waals surface area (Å²) < 4.78 is 19.7. The quantitative estimate of drug-likeness (QED) is 0.281. The Balaban J connectivity index is 0.00000420. The van der Waals surface area contributed by atoms with E-state index >= 15 is 0 Å². The molecule has 0 aromatic heterocycles. The molecule has 1 aromatic carbocycles. The number of halogens is 1. The maximum Gasteiger partial charge on any atom is 0.303 e. The van der Waals surface area contributed by atoms with Gasteiger partial charge < -0.3 is 20.1 Å². The van der Waals surface area contributed by atoms with Gasteiger partial charge in [0.2, 0.25) is 0 Å². The summed E-state index contributed by atoms with van der Waals surface area (Å²) in [5.74, 6) is -0.422. The number of unbranched alkanes of at least 4 members (excludes halogenated alkanes) is 1. The van der Waals surface area contributed by atoms with E-state index in [0.717, 1.165) is 0 Å². The number of aliphatic hydroxyl groups excluding tert-OH is 2. The Hall–Kier alpha value is -0.556. The fourth-order valence-corrected chi connectivity index (χ4v) is 3.81. The molecule has 0 spiro atoms. The summed E-state index contributed by atoms with van der Waals surface area (Å²) in [7, 11) is 0. The Morgan fingerprint density at radius 1 is 1.17 bits per heavy atom. The minimum atomic E-state index is -1.13. The zero-order chi connectivity index (χ0) is 20.4. The molecule has 5 nitrogen and oxygen atoms in total. The van der Waals surface area contributed by atoms with Crippen LogP contribution in [0.1, 0.15) is 44.9 Å². The van der Waals surface area contributed by atoms with Crippen molar-refractivity contribution in [1.82, 2.24) is 0 Å². The summed E-state index contributed by atoms with van der Waals surface area (Å²) in [6.07, 6.45) is 4.60. The number of allylic oxidation sites excluding steroid dienone is 2. The van der Waals surface area contributed by atoms with Gasteiger partial charge in [0.25, 0.3) is 0 Å². The van der Waals surface area contributed by atoms with Gasteiger partial charge in [-0.1, -0.05) is 30.4 Å². The predicted octanol–water partition coefficient (Wildman–Crippen LogP) is 3.74. The number of para-hydroxylation sites is 1. The van der Waals surface area contributed by atoms with Crippen LogP contribution in [0.15, 0.2) is 42.5 Å². The molecule has 0 amide bonds. The third-order valence-electron chi connectivity index (χ3n) is 5.35. The molecule has 1 saturated carbocycles. The number of carboxylic acid groups (broad SMARTS) is 1. The van der Waals surface area contributed by atoms with Crippen LogP contribution in [0, 0.1) is 53.1 Å². The topological polar surface area (TPSA) is 87.0 Å². The molecule has 5 unspecified atom stereocenters. The third-order valence-corrected chi connectivity index (χ3v) is 5.35. The van der Waals surface area contributed by atoms with Crippen molar-refractivity contribution >= 4 is 5.97 Å². The largest absolute Gasteiger partial charge is 0.491 e. The Morgan fingerprint density at radius 2 is 1.86 bits per heavy atom. The number of carboxylic acids is 1. The van der Waals surface area contributed by atoms with Gasteiger partial charge in [-0.15, -0.1) is 0 Å². The summed E-state index contributed by atoms with van der Waals surface area (Å²) in [5, 5.41) is 29.1. The molecule has 0 aliphatic heterocycles. The molecule has 5 atom stereocenters. The number of hydrogen-bond donors (Lipinski definition) is 3. The van der Waals surface area contributed by atoms with Crippen molar-refractivity contribution in [2.45, 2.75) is 63.3 Å². The first kappa shape index (κ1) is 26.5. The maximum absolute atomic E-state index is 14.2. The number of alkyl halides is 1. The van der Waals surface area contributed by atoms with Gasteiger partial charge in [-0.25, -0.2) is 4.39 Å². The Labute approximate surface area is 205 Å². The summed E-state index contributed by atoms with van der Waals surface area (Å²) in [6, 6.07) is 9.09. The van der Waals surface area contributed by atoms with Crippen LogP contribution in [0.25, 0.3) is 0 Å². The molecular formula is C22H31FO5Pr. The first-order valence-electron chi connectivity index (χ1n) is 10.0. The average Bonchev–Trinajstić information content (AvgIpc) is 2.94. The molecule has 3 N–H and O–H groups in total. The van der Waals surface area contributed by atoms with E-state index in [1.54, 1.807) is 12.1 Å². The van der Waals surface area contributed by atoms with E-state index in [0.29, 0.717) is 37.9 Å². The van der Waals surface area contributed by atoms with Crippen molar-refractivity contribution in [2.24, 2.45) is 11.8 Å². The Morgan fingerprint density at radius 3 is 2.55 bits per heavy atom. The average molecular weight is 535 g/mol. The van der Waals surface area contributed by atoms with Crippen LogP contribution in [0.5, 0.6) is 5.75 Å². The van der Waals surface area contributed by atoms with E-state index in [1.165, 1.54) is 0 Å². The van der Waals surface area contributed by atoms with Crippen LogP contribution in [0.3, 0.4) is 0 Å². The van der Waals surface area contributed by atoms with E-state index in [1.807, 2.05) is 30.4 Å². The molecule has 1 fully saturated rings. The second-order valence-electron chi connectivity index (χ2n) is 7.49. The molecule has 1 radical (unpaired) electrons. The van der Waals surface area contributed by atoms with E-state index in [4.69, 9.17) is 9.84 Å². The molecule has 7 heteroatoms. The monoisotopic (exact) mass is 535 g/mol. The van der Waals surface area contributed by atoms with Gasteiger partial charge >= 0.3 is 5.97 Å². The maximum atomic E-state index is 14.2. The van der Waals surface area contributed by atoms with Gasteiger partial charge in [0, 0.05) is 47.7 Å². The van der Waals surface area contributed by atoms with Crippen molar-refractivity contribution in [1.29, 1.82) is 0 Å². The van der Waals surface area contributed by atoms with Crippen LogP contribution in [-0.4, -0.2) is 46.3 Å². The van der Waals surface area contributed by atoms with Gasteiger partial charge in [-0.3, -0.25) is 4.79 Å². The summed E-state index contributed by atoms with van der Waals surface area (Å²) >= 11 is 0.